The summed E-state index contributed by atoms with van der Waals surface area (Å²) in [4.78, 5) is 0. The maximum Gasteiger partial charge on any atom is 0.0501 e. The van der Waals surface area contributed by atoms with Gasteiger partial charge in [-0.15, -0.1) is 0 Å². The molecule has 3 unspecified atom stereocenters. The number of hydrogen-bond donors (Lipinski definition) is 2. The Hall–Kier alpha value is -0.380. The summed E-state index contributed by atoms with van der Waals surface area (Å²) in [5.74, 6) is 7.39. The molecule has 1 aliphatic carbocycles. The van der Waals surface area contributed by atoms with E-state index in [0.717, 1.165) is 5.92 Å². The van der Waals surface area contributed by atoms with Gasteiger partial charge in [0.1, 0.15) is 0 Å². The number of thiophene rings is 1. The molecular formula is C14H24N2S. The number of hydrogen-bond acceptors (Lipinski definition) is 3. The summed E-state index contributed by atoms with van der Waals surface area (Å²) in [6.45, 7) is 4.51. The molecule has 0 radical (unpaired) electrons. The maximum absolute atomic E-state index is 5.84. The molecule has 0 aliphatic heterocycles. The number of rotatable bonds is 4. The van der Waals surface area contributed by atoms with E-state index in [2.05, 4.69) is 30.0 Å². The number of aryl methyl sites for hydroxylation is 1. The molecule has 96 valence electrons. The Balaban J connectivity index is 2.19. The summed E-state index contributed by atoms with van der Waals surface area (Å²) in [6, 6.07) is 0.353. The minimum absolute atomic E-state index is 0.353. The number of nitrogens with two attached hydrogens (primary N) is 1. The second kappa shape index (κ2) is 5.98. The molecule has 1 aliphatic rings. The third-order valence-corrected chi connectivity index (χ3v) is 5.21. The van der Waals surface area contributed by atoms with Crippen LogP contribution in [0.15, 0.2) is 10.8 Å². The molecule has 0 aromatic carbocycles. The van der Waals surface area contributed by atoms with E-state index in [-0.39, 0.29) is 0 Å². The molecule has 3 heteroatoms. The fraction of sp³-hybridized carbons (Fsp3) is 0.714. The first-order chi connectivity index (χ1) is 8.27. The Morgan fingerprint density at radius 3 is 2.76 bits per heavy atom. The van der Waals surface area contributed by atoms with Crippen molar-refractivity contribution in [3.63, 3.8) is 0 Å². The van der Waals surface area contributed by atoms with Gasteiger partial charge in [-0.3, -0.25) is 11.3 Å². The average molecular weight is 252 g/mol. The van der Waals surface area contributed by atoms with Crippen LogP contribution in [0.25, 0.3) is 0 Å². The third kappa shape index (κ3) is 2.72. The van der Waals surface area contributed by atoms with Gasteiger partial charge in [-0.05, 0) is 47.1 Å². The van der Waals surface area contributed by atoms with Gasteiger partial charge in [0.15, 0.2) is 0 Å². The van der Waals surface area contributed by atoms with Crippen molar-refractivity contribution in [2.45, 2.75) is 52.0 Å². The molecule has 2 rings (SSSR count). The van der Waals surface area contributed by atoms with Crippen molar-refractivity contribution in [1.82, 2.24) is 5.43 Å². The Morgan fingerprint density at radius 1 is 1.41 bits per heavy atom. The van der Waals surface area contributed by atoms with Gasteiger partial charge >= 0.3 is 0 Å². The molecular weight excluding hydrogens is 228 g/mol. The van der Waals surface area contributed by atoms with Crippen LogP contribution in [-0.2, 0) is 0 Å². The highest BCUT2D eigenvalue weighted by Gasteiger charge is 2.31. The zero-order chi connectivity index (χ0) is 12.3. The fourth-order valence-corrected chi connectivity index (χ4v) is 4.20. The standard InChI is InChI=1S/C14H24N2S/c1-3-11-6-4-5-7-12(11)14(16-15)13-9-17-8-10(13)2/h8-9,11-12,14,16H,3-7,15H2,1-2H3. The first kappa shape index (κ1) is 13.1. The van der Waals surface area contributed by atoms with E-state index in [1.165, 1.54) is 43.2 Å². The van der Waals surface area contributed by atoms with Gasteiger partial charge < -0.3 is 0 Å². The van der Waals surface area contributed by atoms with Crippen LogP contribution < -0.4 is 11.3 Å². The minimum atomic E-state index is 0.353. The lowest BCUT2D eigenvalue weighted by molar-refractivity contribution is 0.176. The molecule has 3 N–H and O–H groups in total. The molecule has 0 saturated heterocycles. The van der Waals surface area contributed by atoms with E-state index in [1.54, 1.807) is 11.3 Å². The van der Waals surface area contributed by atoms with Gasteiger partial charge in [0.2, 0.25) is 0 Å². The monoisotopic (exact) mass is 252 g/mol. The Kier molecular flexibility index (Phi) is 4.60. The quantitative estimate of drug-likeness (QED) is 0.632. The van der Waals surface area contributed by atoms with Gasteiger partial charge in [-0.1, -0.05) is 32.6 Å². The normalized spacial score (nSPS) is 27.0. The smallest absolute Gasteiger partial charge is 0.0501 e. The predicted octanol–water partition coefficient (Wildman–Crippen LogP) is 3.78. The highest BCUT2D eigenvalue weighted by Crippen LogP contribution is 2.41. The third-order valence-electron chi connectivity index (χ3n) is 4.33. The van der Waals surface area contributed by atoms with Gasteiger partial charge in [0, 0.05) is 0 Å². The average Bonchev–Trinajstić information content (AvgIpc) is 2.78. The summed E-state index contributed by atoms with van der Waals surface area (Å²) >= 11 is 1.79. The van der Waals surface area contributed by atoms with E-state index in [4.69, 9.17) is 5.84 Å². The van der Waals surface area contributed by atoms with E-state index in [1.807, 2.05) is 0 Å². The molecule has 0 amide bonds. The fourth-order valence-electron chi connectivity index (χ4n) is 3.32. The van der Waals surface area contributed by atoms with E-state index >= 15 is 0 Å². The highest BCUT2D eigenvalue weighted by molar-refractivity contribution is 7.08. The van der Waals surface area contributed by atoms with Gasteiger partial charge in [-0.25, -0.2) is 0 Å². The van der Waals surface area contributed by atoms with Crippen molar-refractivity contribution in [2.75, 3.05) is 0 Å². The molecule has 17 heavy (non-hydrogen) atoms. The molecule has 2 nitrogen and oxygen atoms in total. The molecule has 1 saturated carbocycles. The lowest BCUT2D eigenvalue weighted by atomic mass is 9.72. The second-order valence-corrected chi connectivity index (χ2v) is 6.01. The first-order valence-electron chi connectivity index (χ1n) is 6.76. The van der Waals surface area contributed by atoms with Gasteiger partial charge in [0.25, 0.3) is 0 Å². The Labute approximate surface area is 109 Å². The van der Waals surface area contributed by atoms with E-state index < -0.39 is 0 Å². The lowest BCUT2D eigenvalue weighted by Gasteiger charge is -2.36. The molecule has 0 bridgehead atoms. The molecule has 1 fully saturated rings. The van der Waals surface area contributed by atoms with Crippen molar-refractivity contribution in [3.05, 3.63) is 21.9 Å². The van der Waals surface area contributed by atoms with Crippen molar-refractivity contribution >= 4 is 11.3 Å². The van der Waals surface area contributed by atoms with Crippen LogP contribution >= 0.6 is 11.3 Å². The number of nitrogens with one attached hydrogen (secondary N) is 1. The van der Waals surface area contributed by atoms with E-state index in [9.17, 15) is 0 Å². The van der Waals surface area contributed by atoms with Crippen LogP contribution in [0, 0.1) is 18.8 Å². The SMILES string of the molecule is CCC1CCCCC1C(NN)c1cscc1C. The summed E-state index contributed by atoms with van der Waals surface area (Å²) in [7, 11) is 0. The zero-order valence-corrected chi connectivity index (χ0v) is 11.7. The molecule has 1 heterocycles. The van der Waals surface area contributed by atoms with Crippen LogP contribution in [0.3, 0.4) is 0 Å². The Bertz CT molecular complexity index is 348. The summed E-state index contributed by atoms with van der Waals surface area (Å²) in [5.41, 5.74) is 5.89. The highest BCUT2D eigenvalue weighted by atomic mass is 32.1. The van der Waals surface area contributed by atoms with Crippen LogP contribution in [0.2, 0.25) is 0 Å². The summed E-state index contributed by atoms with van der Waals surface area (Å²) in [6.07, 6.45) is 6.74. The van der Waals surface area contributed by atoms with Gasteiger partial charge in [0.05, 0.1) is 6.04 Å². The van der Waals surface area contributed by atoms with Crippen molar-refractivity contribution in [2.24, 2.45) is 17.7 Å². The molecule has 1 aromatic heterocycles. The molecule has 0 spiro atoms. The molecule has 1 aromatic rings. The Morgan fingerprint density at radius 2 is 2.18 bits per heavy atom. The minimum Gasteiger partial charge on any atom is -0.271 e. The maximum atomic E-state index is 5.84. The summed E-state index contributed by atoms with van der Waals surface area (Å²) < 4.78 is 0. The number of hydrazine groups is 1. The topological polar surface area (TPSA) is 38.0 Å². The summed E-state index contributed by atoms with van der Waals surface area (Å²) in [5, 5.41) is 4.49. The van der Waals surface area contributed by atoms with Crippen molar-refractivity contribution < 1.29 is 0 Å². The van der Waals surface area contributed by atoms with Crippen molar-refractivity contribution in [3.8, 4) is 0 Å². The van der Waals surface area contributed by atoms with Crippen LogP contribution in [0.5, 0.6) is 0 Å². The van der Waals surface area contributed by atoms with Crippen LogP contribution in [-0.4, -0.2) is 0 Å². The van der Waals surface area contributed by atoms with Crippen LogP contribution in [0.4, 0.5) is 0 Å². The largest absolute Gasteiger partial charge is 0.271 e. The lowest BCUT2D eigenvalue weighted by Crippen LogP contribution is -2.38. The second-order valence-electron chi connectivity index (χ2n) is 5.27. The zero-order valence-electron chi connectivity index (χ0n) is 10.9. The van der Waals surface area contributed by atoms with Crippen LogP contribution in [0.1, 0.15) is 56.2 Å². The van der Waals surface area contributed by atoms with Crippen molar-refractivity contribution in [1.29, 1.82) is 0 Å². The van der Waals surface area contributed by atoms with E-state index in [0.29, 0.717) is 12.0 Å². The predicted molar refractivity (Wildman–Crippen MR) is 74.9 cm³/mol. The van der Waals surface area contributed by atoms with Gasteiger partial charge in [-0.2, -0.15) is 11.3 Å². The molecule has 3 atom stereocenters. The first-order valence-corrected chi connectivity index (χ1v) is 7.71.